The maximum atomic E-state index is 13.0. The first-order chi connectivity index (χ1) is 13.2. The summed E-state index contributed by atoms with van der Waals surface area (Å²) in [6.07, 6.45) is 2.30. The van der Waals surface area contributed by atoms with Crippen molar-refractivity contribution in [1.82, 2.24) is 39.6 Å². The lowest BCUT2D eigenvalue weighted by Gasteiger charge is -2.07. The van der Waals surface area contributed by atoms with E-state index in [9.17, 15) is 8.78 Å². The van der Waals surface area contributed by atoms with Gasteiger partial charge in [-0.25, -0.2) is 8.78 Å². The lowest BCUT2D eigenvalue weighted by Crippen LogP contribution is -2.02. The Morgan fingerprint density at radius 2 is 1.89 bits per heavy atom. The van der Waals surface area contributed by atoms with E-state index in [0.717, 1.165) is 10.1 Å². The fourth-order valence-corrected chi connectivity index (χ4v) is 3.24. The van der Waals surface area contributed by atoms with Gasteiger partial charge in [-0.15, -0.1) is 27.0 Å². The molecule has 0 saturated heterocycles. The molecule has 4 heterocycles. The van der Waals surface area contributed by atoms with Gasteiger partial charge in [0.2, 0.25) is 5.82 Å². The van der Waals surface area contributed by atoms with E-state index in [-0.39, 0.29) is 5.65 Å². The van der Waals surface area contributed by atoms with E-state index >= 15 is 0 Å². The molecule has 4 aromatic heterocycles. The summed E-state index contributed by atoms with van der Waals surface area (Å²) < 4.78 is 29.0. The summed E-state index contributed by atoms with van der Waals surface area (Å²) in [7, 11) is 0. The van der Waals surface area contributed by atoms with E-state index in [1.54, 1.807) is 30.6 Å². The summed E-state index contributed by atoms with van der Waals surface area (Å²) in [4.78, 5) is 4.00. The minimum atomic E-state index is -2.77. The fraction of sp³-hybridized carbons (Fsp3) is 0.125. The largest absolute Gasteiger partial charge is 0.299 e. The van der Waals surface area contributed by atoms with Gasteiger partial charge in [-0.3, -0.25) is 9.55 Å². The van der Waals surface area contributed by atoms with Crippen LogP contribution >= 0.6 is 11.8 Å². The molecule has 136 valence electrons. The highest BCUT2D eigenvalue weighted by molar-refractivity contribution is 7.99. The van der Waals surface area contributed by atoms with Gasteiger partial charge in [0, 0.05) is 24.5 Å². The molecule has 0 aliphatic rings. The average molecular weight is 386 g/mol. The van der Waals surface area contributed by atoms with Crippen molar-refractivity contribution in [3.05, 3.63) is 55.1 Å². The first-order valence-electron chi connectivity index (χ1n) is 7.80. The van der Waals surface area contributed by atoms with E-state index in [4.69, 9.17) is 0 Å². The van der Waals surface area contributed by atoms with Gasteiger partial charge in [-0.1, -0.05) is 6.08 Å². The molecule has 0 bridgehead atoms. The van der Waals surface area contributed by atoms with Crippen LogP contribution in [0.25, 0.3) is 17.0 Å². The fourth-order valence-electron chi connectivity index (χ4n) is 2.45. The molecule has 0 atom stereocenters. The summed E-state index contributed by atoms with van der Waals surface area (Å²) in [6, 6.07) is 6.90. The topological polar surface area (TPSA) is 86.7 Å². The monoisotopic (exact) mass is 386 g/mol. The van der Waals surface area contributed by atoms with Crippen LogP contribution in [0.5, 0.6) is 0 Å². The molecule has 0 spiro atoms. The Kier molecular flexibility index (Phi) is 4.59. The molecule has 0 unspecified atom stereocenters. The van der Waals surface area contributed by atoms with Gasteiger partial charge in [-0.2, -0.15) is 9.61 Å². The Morgan fingerprint density at radius 1 is 1.07 bits per heavy atom. The van der Waals surface area contributed by atoms with Crippen LogP contribution in [0.3, 0.4) is 0 Å². The summed E-state index contributed by atoms with van der Waals surface area (Å²) >= 11 is 1.20. The highest BCUT2D eigenvalue weighted by Gasteiger charge is 2.19. The molecule has 4 rings (SSSR count). The Hall–Kier alpha value is -3.21. The summed E-state index contributed by atoms with van der Waals surface area (Å²) in [6.45, 7) is 4.24. The van der Waals surface area contributed by atoms with E-state index in [1.807, 2.05) is 16.7 Å². The lowest BCUT2D eigenvalue weighted by molar-refractivity contribution is 0.137. The molecule has 0 aliphatic heterocycles. The number of rotatable bonds is 6. The number of alkyl halides is 2. The van der Waals surface area contributed by atoms with Crippen molar-refractivity contribution < 1.29 is 8.78 Å². The normalized spacial score (nSPS) is 11.4. The van der Waals surface area contributed by atoms with Crippen molar-refractivity contribution in [2.24, 2.45) is 0 Å². The SMILES string of the molecule is C=CCn1c(Sc2ccc3nnc(C(F)F)n3n2)nnc1-c1ccncc1. The van der Waals surface area contributed by atoms with Gasteiger partial charge < -0.3 is 0 Å². The third-order valence-electron chi connectivity index (χ3n) is 3.62. The van der Waals surface area contributed by atoms with Crippen LogP contribution in [0, 0.1) is 0 Å². The Balaban J connectivity index is 1.72. The third kappa shape index (κ3) is 3.28. The number of halogens is 2. The van der Waals surface area contributed by atoms with Gasteiger partial charge >= 0.3 is 0 Å². The molecule has 0 aliphatic carbocycles. The zero-order valence-corrected chi connectivity index (χ0v) is 14.6. The van der Waals surface area contributed by atoms with Gasteiger partial charge in [0.25, 0.3) is 6.43 Å². The maximum Gasteiger partial charge on any atom is 0.299 e. The highest BCUT2D eigenvalue weighted by atomic mass is 32.2. The molecular formula is C16H12F2N8S. The molecule has 4 aromatic rings. The van der Waals surface area contributed by atoms with Crippen molar-refractivity contribution in [1.29, 1.82) is 0 Å². The smallest absolute Gasteiger partial charge is 0.298 e. The third-order valence-corrected chi connectivity index (χ3v) is 4.53. The number of pyridine rings is 1. The Labute approximate surface area is 156 Å². The van der Waals surface area contributed by atoms with E-state index in [0.29, 0.717) is 22.6 Å². The second-order valence-electron chi connectivity index (χ2n) is 5.34. The van der Waals surface area contributed by atoms with Crippen LogP contribution in [0.1, 0.15) is 12.2 Å². The zero-order chi connectivity index (χ0) is 18.8. The van der Waals surface area contributed by atoms with Crippen molar-refractivity contribution in [3.8, 4) is 11.4 Å². The number of nitrogens with zero attached hydrogens (tertiary/aromatic N) is 8. The maximum absolute atomic E-state index is 13.0. The molecular weight excluding hydrogens is 374 g/mol. The van der Waals surface area contributed by atoms with Crippen molar-refractivity contribution in [2.45, 2.75) is 23.2 Å². The average Bonchev–Trinajstić information content (AvgIpc) is 3.27. The van der Waals surface area contributed by atoms with Crippen LogP contribution in [0.2, 0.25) is 0 Å². The Bertz CT molecular complexity index is 1090. The molecule has 0 fully saturated rings. The molecule has 8 nitrogen and oxygen atoms in total. The molecule has 0 amide bonds. The number of fused-ring (bicyclic) bond motifs is 1. The van der Waals surface area contributed by atoms with Crippen molar-refractivity contribution in [3.63, 3.8) is 0 Å². The lowest BCUT2D eigenvalue weighted by atomic mass is 10.2. The van der Waals surface area contributed by atoms with Crippen molar-refractivity contribution in [2.75, 3.05) is 0 Å². The van der Waals surface area contributed by atoms with E-state index in [2.05, 4.69) is 37.1 Å². The minimum absolute atomic E-state index is 0.250. The molecule has 0 radical (unpaired) electrons. The predicted octanol–water partition coefficient (Wildman–Crippen LogP) is 3.05. The second kappa shape index (κ2) is 7.19. The predicted molar refractivity (Wildman–Crippen MR) is 93.3 cm³/mol. The number of aromatic nitrogens is 8. The molecule has 0 saturated carbocycles. The van der Waals surface area contributed by atoms with Gasteiger partial charge in [0.05, 0.1) is 0 Å². The standard InChI is InChI=1S/C16H12F2N8S/c1-2-9-25-14(10-5-7-19-8-6-10)21-23-16(25)27-12-4-3-11-20-22-15(13(17)18)26(11)24-12/h2-8,13H,1,9H2. The quantitative estimate of drug-likeness (QED) is 0.471. The summed E-state index contributed by atoms with van der Waals surface area (Å²) in [5, 5.41) is 20.8. The number of hydrogen-bond acceptors (Lipinski definition) is 7. The molecule has 0 aromatic carbocycles. The second-order valence-corrected chi connectivity index (χ2v) is 6.33. The van der Waals surface area contributed by atoms with Crippen LogP contribution in [0.15, 0.2) is 59.5 Å². The van der Waals surface area contributed by atoms with Gasteiger partial charge in [-0.05, 0) is 36.0 Å². The first kappa shape index (κ1) is 17.2. The van der Waals surface area contributed by atoms with E-state index < -0.39 is 12.2 Å². The highest BCUT2D eigenvalue weighted by Crippen LogP contribution is 2.29. The van der Waals surface area contributed by atoms with Crippen molar-refractivity contribution >= 4 is 17.4 Å². The number of allylic oxidation sites excluding steroid dienone is 1. The van der Waals surface area contributed by atoms with Crippen LogP contribution in [-0.2, 0) is 6.54 Å². The van der Waals surface area contributed by atoms with E-state index in [1.165, 1.54) is 11.8 Å². The summed E-state index contributed by atoms with van der Waals surface area (Å²) in [5.41, 5.74) is 1.10. The van der Waals surface area contributed by atoms with Gasteiger partial charge in [0.1, 0.15) is 5.03 Å². The molecule has 11 heteroatoms. The van der Waals surface area contributed by atoms with Crippen LogP contribution < -0.4 is 0 Å². The Morgan fingerprint density at radius 3 is 2.63 bits per heavy atom. The number of hydrogen-bond donors (Lipinski definition) is 0. The van der Waals surface area contributed by atoms with Crippen LogP contribution in [-0.4, -0.2) is 39.6 Å². The van der Waals surface area contributed by atoms with Crippen LogP contribution in [0.4, 0.5) is 8.78 Å². The summed E-state index contributed by atoms with van der Waals surface area (Å²) in [5.74, 6) is 0.149. The molecule has 0 N–H and O–H groups in total. The first-order valence-corrected chi connectivity index (χ1v) is 8.62. The molecule has 27 heavy (non-hydrogen) atoms. The van der Waals surface area contributed by atoms with Gasteiger partial charge in [0.15, 0.2) is 16.6 Å². The zero-order valence-electron chi connectivity index (χ0n) is 13.8. The minimum Gasteiger partial charge on any atom is -0.298 e.